The highest BCUT2D eigenvalue weighted by Crippen LogP contribution is 2.52. The summed E-state index contributed by atoms with van der Waals surface area (Å²) >= 11 is 3.63. The first-order valence-electron chi connectivity index (χ1n) is 9.88. The summed E-state index contributed by atoms with van der Waals surface area (Å²) in [6.07, 6.45) is 12.4. The Hall–Kier alpha value is -0.800. The average molecular weight is 405 g/mol. The normalized spacial score (nSPS) is 31.9. The van der Waals surface area contributed by atoms with Crippen LogP contribution in [0.1, 0.15) is 68.1 Å². The molecule has 0 unspecified atom stereocenters. The van der Waals surface area contributed by atoms with Crippen LogP contribution < -0.4 is 0 Å². The second kappa shape index (κ2) is 7.08. The van der Waals surface area contributed by atoms with Crippen molar-refractivity contribution in [1.82, 2.24) is 0 Å². The molecule has 1 fully saturated rings. The summed E-state index contributed by atoms with van der Waals surface area (Å²) in [5.74, 6) is 1.68. The zero-order valence-electron chi connectivity index (χ0n) is 15.4. The number of hydrogen-bond acceptors (Lipinski definition) is 2. The molecule has 4 atom stereocenters. The van der Waals surface area contributed by atoms with E-state index in [0.717, 1.165) is 17.3 Å². The van der Waals surface area contributed by atoms with Gasteiger partial charge in [-0.05, 0) is 84.0 Å². The van der Waals surface area contributed by atoms with Gasteiger partial charge in [-0.2, -0.15) is 0 Å². The van der Waals surface area contributed by atoms with Crippen LogP contribution >= 0.6 is 15.9 Å². The molecule has 4 rings (SSSR count). The number of halogens is 1. The molecule has 0 heterocycles. The van der Waals surface area contributed by atoms with E-state index in [1.165, 1.54) is 55.2 Å². The fourth-order valence-electron chi connectivity index (χ4n) is 5.64. The molecular weight excluding hydrogens is 376 g/mol. The summed E-state index contributed by atoms with van der Waals surface area (Å²) in [6, 6.07) is 2.15. The Morgan fingerprint density at radius 2 is 1.88 bits per heavy atom. The minimum Gasteiger partial charge on any atom is -0.506 e. The molecule has 3 heteroatoms. The number of allylic oxidation sites excluding steroid dienone is 1. The van der Waals surface area contributed by atoms with E-state index in [9.17, 15) is 5.11 Å². The summed E-state index contributed by atoms with van der Waals surface area (Å²) in [4.78, 5) is 0. The van der Waals surface area contributed by atoms with Gasteiger partial charge in [0.15, 0.2) is 0 Å². The number of fused-ring (bicyclic) bond motifs is 2. The Bertz CT molecular complexity index is 694. The van der Waals surface area contributed by atoms with E-state index >= 15 is 0 Å². The second-order valence-electron chi connectivity index (χ2n) is 8.14. The number of phenolic OH excluding ortho intramolecular Hbond substituents is 1. The molecule has 0 amide bonds. The maximum Gasteiger partial charge on any atom is 0.133 e. The molecule has 0 bridgehead atoms. The lowest BCUT2D eigenvalue weighted by Gasteiger charge is -2.44. The van der Waals surface area contributed by atoms with Crippen molar-refractivity contribution in [3.8, 4) is 5.75 Å². The highest BCUT2D eigenvalue weighted by atomic mass is 79.9. The molecule has 0 saturated heterocycles. The molecular formula is C22H29BrO2. The van der Waals surface area contributed by atoms with Crippen molar-refractivity contribution in [2.24, 2.45) is 11.8 Å². The van der Waals surface area contributed by atoms with Crippen LogP contribution in [0.3, 0.4) is 0 Å². The van der Waals surface area contributed by atoms with Crippen LogP contribution in [0.5, 0.6) is 5.75 Å². The molecule has 136 valence electrons. The van der Waals surface area contributed by atoms with Crippen molar-refractivity contribution in [1.29, 1.82) is 0 Å². The Balaban J connectivity index is 1.89. The van der Waals surface area contributed by atoms with Gasteiger partial charge in [-0.3, -0.25) is 0 Å². The van der Waals surface area contributed by atoms with Gasteiger partial charge in [-0.25, -0.2) is 0 Å². The minimum atomic E-state index is 0.151. The maximum absolute atomic E-state index is 11.1. The van der Waals surface area contributed by atoms with E-state index in [1.54, 1.807) is 5.57 Å². The predicted molar refractivity (Wildman–Crippen MR) is 105 cm³/mol. The molecule has 2 nitrogen and oxygen atoms in total. The zero-order chi connectivity index (χ0) is 17.6. The minimum absolute atomic E-state index is 0.151. The van der Waals surface area contributed by atoms with Gasteiger partial charge in [-0.15, -0.1) is 0 Å². The summed E-state index contributed by atoms with van der Waals surface area (Å²) in [5, 5.41) is 11.1. The monoisotopic (exact) mass is 404 g/mol. The summed E-state index contributed by atoms with van der Waals surface area (Å²) in [7, 11) is 1.84. The predicted octanol–water partition coefficient (Wildman–Crippen LogP) is 5.90. The Labute approximate surface area is 159 Å². The number of rotatable bonds is 2. The van der Waals surface area contributed by atoms with E-state index in [1.807, 2.05) is 7.11 Å². The third kappa shape index (κ3) is 2.98. The van der Waals surface area contributed by atoms with Crippen LogP contribution in [0, 0.1) is 11.8 Å². The van der Waals surface area contributed by atoms with Crippen LogP contribution in [0.25, 0.3) is 0 Å². The van der Waals surface area contributed by atoms with Gasteiger partial charge in [0, 0.05) is 24.5 Å². The van der Waals surface area contributed by atoms with E-state index in [4.69, 9.17) is 4.74 Å². The molecule has 1 aromatic carbocycles. The lowest BCUT2D eigenvalue weighted by atomic mass is 9.63. The van der Waals surface area contributed by atoms with Gasteiger partial charge in [0.25, 0.3) is 0 Å². The number of hydrogen-bond donors (Lipinski definition) is 1. The first-order valence-corrected chi connectivity index (χ1v) is 10.7. The topological polar surface area (TPSA) is 29.5 Å². The number of aryl methyl sites for hydroxylation is 1. The summed E-state index contributed by atoms with van der Waals surface area (Å²) in [6.45, 7) is 2.28. The van der Waals surface area contributed by atoms with Crippen molar-refractivity contribution in [2.75, 3.05) is 7.11 Å². The van der Waals surface area contributed by atoms with E-state index < -0.39 is 0 Å². The standard InChI is InChI=1S/C22H29BrO2/c1-13-11-14-7-3-6-10-17(14)20(22(13)25-2)19-16-9-5-4-8-15(16)12-18(23)21(19)24/h11-13,17,20,22,24H,3-10H2,1-2H3/t13-,17+,20-,22-/m1/s1. The molecule has 0 aliphatic heterocycles. The van der Waals surface area contributed by atoms with Gasteiger partial charge in [0.05, 0.1) is 10.6 Å². The molecule has 1 aromatic rings. The third-order valence-electron chi connectivity index (χ3n) is 6.71. The van der Waals surface area contributed by atoms with Crippen LogP contribution in [-0.2, 0) is 17.6 Å². The molecule has 0 spiro atoms. The van der Waals surface area contributed by atoms with Gasteiger partial charge in [0.2, 0.25) is 0 Å². The summed E-state index contributed by atoms with van der Waals surface area (Å²) in [5.41, 5.74) is 5.65. The van der Waals surface area contributed by atoms with Gasteiger partial charge >= 0.3 is 0 Å². The highest BCUT2D eigenvalue weighted by Gasteiger charge is 2.43. The average Bonchev–Trinajstić information content (AvgIpc) is 2.62. The molecule has 1 N–H and O–H groups in total. The maximum atomic E-state index is 11.1. The molecule has 0 radical (unpaired) electrons. The van der Waals surface area contributed by atoms with E-state index in [0.29, 0.717) is 17.6 Å². The van der Waals surface area contributed by atoms with Crippen LogP contribution in [0.2, 0.25) is 0 Å². The third-order valence-corrected chi connectivity index (χ3v) is 7.32. The number of methoxy groups -OCH3 is 1. The second-order valence-corrected chi connectivity index (χ2v) is 9.00. The molecule has 1 saturated carbocycles. The zero-order valence-corrected chi connectivity index (χ0v) is 16.9. The first kappa shape index (κ1) is 17.6. The largest absolute Gasteiger partial charge is 0.506 e. The number of benzene rings is 1. The first-order chi connectivity index (χ1) is 12.1. The quantitative estimate of drug-likeness (QED) is 0.621. The molecule has 25 heavy (non-hydrogen) atoms. The van der Waals surface area contributed by atoms with Crippen LogP contribution in [0.4, 0.5) is 0 Å². The summed E-state index contributed by atoms with van der Waals surface area (Å²) < 4.78 is 6.89. The van der Waals surface area contributed by atoms with Crippen LogP contribution in [0.15, 0.2) is 22.2 Å². The number of ether oxygens (including phenoxy) is 1. The Kier molecular flexibility index (Phi) is 4.98. The van der Waals surface area contributed by atoms with Gasteiger partial charge in [-0.1, -0.05) is 25.0 Å². The van der Waals surface area contributed by atoms with Gasteiger partial charge < -0.3 is 9.84 Å². The fourth-order valence-corrected chi connectivity index (χ4v) is 6.13. The van der Waals surface area contributed by atoms with E-state index in [-0.39, 0.29) is 12.0 Å². The van der Waals surface area contributed by atoms with E-state index in [2.05, 4.69) is 35.0 Å². The number of aromatic hydroxyl groups is 1. The van der Waals surface area contributed by atoms with Crippen molar-refractivity contribution in [3.63, 3.8) is 0 Å². The Morgan fingerprint density at radius 1 is 1.12 bits per heavy atom. The fraction of sp³-hybridized carbons (Fsp3) is 0.636. The molecule has 3 aliphatic rings. The lowest BCUT2D eigenvalue weighted by Crippen LogP contribution is -2.39. The van der Waals surface area contributed by atoms with Crippen molar-refractivity contribution < 1.29 is 9.84 Å². The van der Waals surface area contributed by atoms with Crippen molar-refractivity contribution in [2.45, 2.75) is 70.3 Å². The SMILES string of the molecule is CO[C@H]1[C@@H](c2c(O)c(Br)cc3c2CCCC3)[C@H]2CCCCC2=C[C@H]1C. The van der Waals surface area contributed by atoms with Gasteiger partial charge in [0.1, 0.15) is 5.75 Å². The smallest absolute Gasteiger partial charge is 0.133 e. The van der Waals surface area contributed by atoms with Crippen molar-refractivity contribution in [3.05, 3.63) is 38.9 Å². The number of phenols is 1. The lowest BCUT2D eigenvalue weighted by molar-refractivity contribution is 0.0249. The Morgan fingerprint density at radius 3 is 2.68 bits per heavy atom. The molecule has 0 aromatic heterocycles. The van der Waals surface area contributed by atoms with Crippen LogP contribution in [-0.4, -0.2) is 18.3 Å². The molecule has 3 aliphatic carbocycles. The highest BCUT2D eigenvalue weighted by molar-refractivity contribution is 9.10. The van der Waals surface area contributed by atoms with Crippen molar-refractivity contribution >= 4 is 15.9 Å².